The lowest BCUT2D eigenvalue weighted by atomic mass is 9.80. The fourth-order valence-corrected chi connectivity index (χ4v) is 3.31. The zero-order valence-electron chi connectivity index (χ0n) is 15.8. The summed E-state index contributed by atoms with van der Waals surface area (Å²) in [5, 5.41) is 0. The van der Waals surface area contributed by atoms with Crippen LogP contribution in [0, 0.1) is 6.57 Å². The lowest BCUT2D eigenvalue weighted by molar-refractivity contribution is 0.622. The first kappa shape index (κ1) is 17.7. The summed E-state index contributed by atoms with van der Waals surface area (Å²) in [7, 11) is 0. The molecule has 0 aliphatic rings. The van der Waals surface area contributed by atoms with Crippen molar-refractivity contribution in [3.05, 3.63) is 102 Å². The molecule has 0 fully saturated rings. The highest BCUT2D eigenvalue weighted by molar-refractivity contribution is 5.70. The molecule has 4 aromatic rings. The van der Waals surface area contributed by atoms with Crippen LogP contribution in [0.2, 0.25) is 0 Å². The number of hydrogen-bond acceptors (Lipinski definition) is 2. The highest BCUT2D eigenvalue weighted by atomic mass is 14.8. The first-order valence-corrected chi connectivity index (χ1v) is 9.13. The largest absolute Gasteiger partial charge is 0.364 e. The Balaban J connectivity index is 1.82. The normalized spacial score (nSPS) is 11.2. The first-order chi connectivity index (χ1) is 13.6. The van der Waals surface area contributed by atoms with Crippen LogP contribution in [0.25, 0.3) is 27.5 Å². The Morgan fingerprint density at radius 1 is 0.893 bits per heavy atom. The van der Waals surface area contributed by atoms with Gasteiger partial charge in [-0.25, -0.2) is 9.83 Å². The standard InChI is InChI=1S/C24H20N4/c1-24(2,23-11-7-13-27-23)18-14-17(15-19(16-18)25-3)20-9-6-10-22(28-20)21-8-4-5-12-26-21/h4-16,27H,1-2H3. The van der Waals surface area contributed by atoms with Crippen LogP contribution in [0.3, 0.4) is 0 Å². The van der Waals surface area contributed by atoms with Crippen LogP contribution in [0.5, 0.6) is 0 Å². The van der Waals surface area contributed by atoms with Crippen LogP contribution in [-0.4, -0.2) is 15.0 Å². The maximum Gasteiger partial charge on any atom is 0.188 e. The molecule has 3 aromatic heterocycles. The third-order valence-electron chi connectivity index (χ3n) is 5.01. The topological polar surface area (TPSA) is 45.9 Å². The lowest BCUT2D eigenvalue weighted by Gasteiger charge is -2.25. The SMILES string of the molecule is [C-]#[N+]c1cc(-c2cccc(-c3ccccn3)n2)cc(C(C)(C)c2ccc[nH]2)c1. The van der Waals surface area contributed by atoms with E-state index < -0.39 is 0 Å². The van der Waals surface area contributed by atoms with Gasteiger partial charge in [-0.3, -0.25) is 4.98 Å². The molecule has 0 unspecified atom stereocenters. The van der Waals surface area contributed by atoms with Crippen LogP contribution >= 0.6 is 0 Å². The molecule has 0 saturated heterocycles. The van der Waals surface area contributed by atoms with Gasteiger partial charge in [0.25, 0.3) is 0 Å². The third kappa shape index (κ3) is 3.30. The number of pyridine rings is 2. The Hall–Kier alpha value is -3.71. The van der Waals surface area contributed by atoms with E-state index in [1.165, 1.54) is 0 Å². The molecule has 0 radical (unpaired) electrons. The average molecular weight is 364 g/mol. The van der Waals surface area contributed by atoms with E-state index in [2.05, 4.69) is 40.8 Å². The van der Waals surface area contributed by atoms with Gasteiger partial charge in [0, 0.05) is 23.5 Å². The fourth-order valence-electron chi connectivity index (χ4n) is 3.31. The van der Waals surface area contributed by atoms with E-state index in [-0.39, 0.29) is 5.41 Å². The summed E-state index contributed by atoms with van der Waals surface area (Å²) in [6.07, 6.45) is 3.69. The van der Waals surface area contributed by atoms with Crippen LogP contribution < -0.4 is 0 Å². The monoisotopic (exact) mass is 364 g/mol. The number of H-pyrrole nitrogens is 1. The fraction of sp³-hybridized carbons (Fsp3) is 0.125. The minimum absolute atomic E-state index is 0.252. The summed E-state index contributed by atoms with van der Waals surface area (Å²) in [6.45, 7) is 11.9. The number of nitrogens with one attached hydrogen (secondary N) is 1. The van der Waals surface area contributed by atoms with E-state index in [1.807, 2.05) is 60.8 Å². The molecule has 4 rings (SSSR count). The van der Waals surface area contributed by atoms with Crippen molar-refractivity contribution in [1.29, 1.82) is 0 Å². The van der Waals surface area contributed by atoms with E-state index in [4.69, 9.17) is 11.6 Å². The Morgan fingerprint density at radius 3 is 2.43 bits per heavy atom. The Labute approximate surface area is 164 Å². The third-order valence-corrected chi connectivity index (χ3v) is 5.01. The average Bonchev–Trinajstić information content (AvgIpc) is 3.30. The lowest BCUT2D eigenvalue weighted by Crippen LogP contribution is -2.19. The first-order valence-electron chi connectivity index (χ1n) is 9.13. The van der Waals surface area contributed by atoms with E-state index >= 15 is 0 Å². The second kappa shape index (κ2) is 7.13. The summed E-state index contributed by atoms with van der Waals surface area (Å²) in [6, 6.07) is 21.7. The molecule has 4 nitrogen and oxygen atoms in total. The molecule has 28 heavy (non-hydrogen) atoms. The smallest absolute Gasteiger partial charge is 0.188 e. The summed E-state index contributed by atoms with van der Waals surface area (Å²) >= 11 is 0. The summed E-state index contributed by atoms with van der Waals surface area (Å²) in [4.78, 5) is 16.2. The van der Waals surface area contributed by atoms with Crippen molar-refractivity contribution < 1.29 is 0 Å². The van der Waals surface area contributed by atoms with Crippen LogP contribution in [-0.2, 0) is 5.41 Å². The van der Waals surface area contributed by atoms with E-state index in [0.717, 1.165) is 33.9 Å². The second-order valence-corrected chi connectivity index (χ2v) is 7.21. The molecule has 1 aromatic carbocycles. The summed E-state index contributed by atoms with van der Waals surface area (Å²) < 4.78 is 0. The predicted molar refractivity (Wildman–Crippen MR) is 112 cm³/mol. The summed E-state index contributed by atoms with van der Waals surface area (Å²) in [5.74, 6) is 0. The molecular weight excluding hydrogens is 344 g/mol. The molecule has 0 aliphatic heterocycles. The van der Waals surface area contributed by atoms with Crippen LogP contribution in [0.4, 0.5) is 5.69 Å². The van der Waals surface area contributed by atoms with Crippen molar-refractivity contribution in [3.8, 4) is 22.6 Å². The van der Waals surface area contributed by atoms with Gasteiger partial charge in [-0.05, 0) is 53.6 Å². The quantitative estimate of drug-likeness (QED) is 0.450. The highest BCUT2D eigenvalue weighted by Gasteiger charge is 2.25. The molecule has 0 spiro atoms. The Bertz CT molecular complexity index is 1140. The zero-order chi connectivity index (χ0) is 19.6. The van der Waals surface area contributed by atoms with E-state index in [0.29, 0.717) is 5.69 Å². The summed E-state index contributed by atoms with van der Waals surface area (Å²) in [5.41, 5.74) is 5.95. The van der Waals surface area contributed by atoms with Gasteiger partial charge in [-0.15, -0.1) is 0 Å². The maximum absolute atomic E-state index is 7.54. The van der Waals surface area contributed by atoms with Crippen molar-refractivity contribution in [2.75, 3.05) is 0 Å². The Morgan fingerprint density at radius 2 is 1.71 bits per heavy atom. The molecule has 0 saturated carbocycles. The van der Waals surface area contributed by atoms with Crippen molar-refractivity contribution in [2.45, 2.75) is 19.3 Å². The number of aromatic nitrogens is 3. The van der Waals surface area contributed by atoms with Gasteiger partial charge in [0.05, 0.1) is 23.7 Å². The minimum Gasteiger partial charge on any atom is -0.364 e. The molecular formula is C24H20N4. The molecule has 0 bridgehead atoms. The predicted octanol–water partition coefficient (Wildman–Crippen LogP) is 6.02. The molecule has 0 aliphatic carbocycles. The van der Waals surface area contributed by atoms with Crippen molar-refractivity contribution in [2.24, 2.45) is 0 Å². The van der Waals surface area contributed by atoms with Gasteiger partial charge in [-0.1, -0.05) is 38.1 Å². The van der Waals surface area contributed by atoms with Crippen LogP contribution in [0.1, 0.15) is 25.1 Å². The number of rotatable bonds is 4. The van der Waals surface area contributed by atoms with Crippen LogP contribution in [0.15, 0.2) is 79.1 Å². The highest BCUT2D eigenvalue weighted by Crippen LogP contribution is 2.36. The Kier molecular flexibility index (Phi) is 4.50. The maximum atomic E-state index is 7.54. The van der Waals surface area contributed by atoms with Gasteiger partial charge in [0.1, 0.15) is 0 Å². The molecule has 0 atom stereocenters. The van der Waals surface area contributed by atoms with Gasteiger partial charge < -0.3 is 4.98 Å². The molecule has 1 N–H and O–H groups in total. The zero-order valence-corrected chi connectivity index (χ0v) is 15.8. The molecule has 3 heterocycles. The van der Waals surface area contributed by atoms with Gasteiger partial charge in [0.2, 0.25) is 0 Å². The van der Waals surface area contributed by atoms with Gasteiger partial charge in [0.15, 0.2) is 5.69 Å². The molecule has 0 amide bonds. The van der Waals surface area contributed by atoms with Crippen molar-refractivity contribution in [1.82, 2.24) is 15.0 Å². The van der Waals surface area contributed by atoms with Gasteiger partial charge >= 0.3 is 0 Å². The number of nitrogens with zero attached hydrogens (tertiary/aromatic N) is 3. The second-order valence-electron chi connectivity index (χ2n) is 7.21. The number of hydrogen-bond donors (Lipinski definition) is 1. The van der Waals surface area contributed by atoms with E-state index in [1.54, 1.807) is 6.20 Å². The van der Waals surface area contributed by atoms with Crippen molar-refractivity contribution in [3.63, 3.8) is 0 Å². The number of benzene rings is 1. The molecule has 136 valence electrons. The number of aromatic amines is 1. The van der Waals surface area contributed by atoms with Crippen molar-refractivity contribution >= 4 is 5.69 Å². The van der Waals surface area contributed by atoms with Gasteiger partial charge in [-0.2, -0.15) is 0 Å². The molecule has 4 heteroatoms. The minimum atomic E-state index is -0.252. The van der Waals surface area contributed by atoms with E-state index in [9.17, 15) is 0 Å².